The molecule has 0 saturated heterocycles. The number of hydrogen-bond donors (Lipinski definition) is 2. The fourth-order valence-corrected chi connectivity index (χ4v) is 1.84. The van der Waals surface area contributed by atoms with Crippen molar-refractivity contribution in [2.24, 2.45) is 5.41 Å². The maximum atomic E-state index is 12.3. The van der Waals surface area contributed by atoms with Crippen LogP contribution in [-0.2, 0) is 4.74 Å². The molecule has 0 fully saturated rings. The maximum Gasteiger partial charge on any atom is 0.257 e. The highest BCUT2D eigenvalue weighted by Crippen LogP contribution is 2.25. The maximum absolute atomic E-state index is 12.3. The molecule has 5 nitrogen and oxygen atoms in total. The zero-order valence-electron chi connectivity index (χ0n) is 12.7. The van der Waals surface area contributed by atoms with Crippen LogP contribution in [0.1, 0.15) is 30.6 Å². The molecule has 0 aliphatic rings. The van der Waals surface area contributed by atoms with Crippen molar-refractivity contribution in [3.8, 4) is 5.75 Å². The van der Waals surface area contributed by atoms with Crippen molar-refractivity contribution >= 4 is 11.6 Å². The smallest absolute Gasteiger partial charge is 0.257 e. The van der Waals surface area contributed by atoms with Crippen LogP contribution in [0.5, 0.6) is 5.75 Å². The lowest BCUT2D eigenvalue weighted by atomic mass is 9.89. The molecule has 1 aromatic rings. The minimum atomic E-state index is -0.217. The van der Waals surface area contributed by atoms with E-state index in [0.717, 1.165) is 6.42 Å². The number of nitrogen functional groups attached to an aromatic ring is 1. The molecule has 20 heavy (non-hydrogen) atoms. The van der Waals surface area contributed by atoms with Crippen molar-refractivity contribution in [2.75, 3.05) is 33.1 Å². The Balaban J connectivity index is 2.73. The van der Waals surface area contributed by atoms with Gasteiger partial charge in [0.05, 0.1) is 7.11 Å². The molecule has 0 spiro atoms. The number of carbonyl (C=O) groups excluding carboxylic acids is 1. The Hall–Kier alpha value is -1.75. The van der Waals surface area contributed by atoms with Gasteiger partial charge in [-0.2, -0.15) is 0 Å². The molecule has 0 aromatic heterocycles. The normalized spacial score (nSPS) is 11.2. The van der Waals surface area contributed by atoms with E-state index in [1.165, 1.54) is 7.11 Å². The Morgan fingerprint density at radius 3 is 2.65 bits per heavy atom. The molecule has 5 heteroatoms. The highest BCUT2D eigenvalue weighted by molar-refractivity contribution is 6.01. The van der Waals surface area contributed by atoms with E-state index in [1.54, 1.807) is 25.3 Å². The van der Waals surface area contributed by atoms with E-state index < -0.39 is 0 Å². The van der Waals surface area contributed by atoms with Gasteiger partial charge in [-0.3, -0.25) is 4.79 Å². The van der Waals surface area contributed by atoms with Gasteiger partial charge in [-0.1, -0.05) is 19.9 Å². The quantitative estimate of drug-likeness (QED) is 0.750. The molecule has 0 aliphatic carbocycles. The van der Waals surface area contributed by atoms with Crippen LogP contribution in [0, 0.1) is 5.41 Å². The Labute approximate surface area is 120 Å². The molecule has 112 valence electrons. The number of carbonyl (C=O) groups is 1. The molecule has 1 rings (SSSR count). The number of hydrogen-bond acceptors (Lipinski definition) is 4. The molecule has 0 saturated carbocycles. The summed E-state index contributed by atoms with van der Waals surface area (Å²) >= 11 is 0. The number of nitrogens with one attached hydrogen (secondary N) is 1. The second-order valence-corrected chi connectivity index (χ2v) is 5.51. The van der Waals surface area contributed by atoms with Crippen LogP contribution in [-0.4, -0.2) is 33.3 Å². The molecule has 1 aromatic carbocycles. The number of ether oxygens (including phenoxy) is 2. The molecule has 1 amide bonds. The Morgan fingerprint density at radius 2 is 2.05 bits per heavy atom. The summed E-state index contributed by atoms with van der Waals surface area (Å²) in [5, 5.41) is 2.91. The van der Waals surface area contributed by atoms with Gasteiger partial charge < -0.3 is 20.5 Å². The highest BCUT2D eigenvalue weighted by Gasteiger charge is 2.21. The van der Waals surface area contributed by atoms with E-state index in [1.807, 2.05) is 0 Å². The number of nitrogens with two attached hydrogens (primary N) is 1. The van der Waals surface area contributed by atoms with Gasteiger partial charge in [0.15, 0.2) is 0 Å². The van der Waals surface area contributed by atoms with E-state index in [9.17, 15) is 4.79 Å². The molecule has 0 unspecified atom stereocenters. The zero-order chi connectivity index (χ0) is 15.2. The van der Waals surface area contributed by atoms with Crippen molar-refractivity contribution in [1.82, 2.24) is 5.32 Å². The Morgan fingerprint density at radius 1 is 1.35 bits per heavy atom. The third-order valence-electron chi connectivity index (χ3n) is 3.22. The average molecular weight is 280 g/mol. The molecular formula is C15H24N2O3. The van der Waals surface area contributed by atoms with Crippen LogP contribution in [0.3, 0.4) is 0 Å². The standard InChI is InChI=1S/C15H24N2O3/c1-15(2,8-9-19-3)10-17-14(18)13-11(16)6-5-7-12(13)20-4/h5-7H,8-10,16H2,1-4H3,(H,17,18). The van der Waals surface area contributed by atoms with Gasteiger partial charge in [-0.05, 0) is 24.0 Å². The molecular weight excluding hydrogens is 256 g/mol. The van der Waals surface area contributed by atoms with Gasteiger partial charge in [-0.25, -0.2) is 0 Å². The van der Waals surface area contributed by atoms with Gasteiger partial charge in [0.25, 0.3) is 5.91 Å². The zero-order valence-corrected chi connectivity index (χ0v) is 12.7. The van der Waals surface area contributed by atoms with Crippen LogP contribution in [0.2, 0.25) is 0 Å². The summed E-state index contributed by atoms with van der Waals surface area (Å²) in [6.07, 6.45) is 0.866. The second-order valence-electron chi connectivity index (χ2n) is 5.51. The Bertz CT molecular complexity index is 458. The lowest BCUT2D eigenvalue weighted by Crippen LogP contribution is -2.35. The first-order chi connectivity index (χ1) is 9.41. The van der Waals surface area contributed by atoms with E-state index >= 15 is 0 Å². The third kappa shape index (κ3) is 4.42. The first kappa shape index (κ1) is 16.3. The van der Waals surface area contributed by atoms with E-state index in [2.05, 4.69) is 19.2 Å². The summed E-state index contributed by atoms with van der Waals surface area (Å²) in [6, 6.07) is 5.17. The lowest BCUT2D eigenvalue weighted by Gasteiger charge is -2.25. The lowest BCUT2D eigenvalue weighted by molar-refractivity contribution is 0.0919. The topological polar surface area (TPSA) is 73.6 Å². The van der Waals surface area contributed by atoms with Crippen LogP contribution in [0.25, 0.3) is 0 Å². The highest BCUT2D eigenvalue weighted by atomic mass is 16.5. The van der Waals surface area contributed by atoms with Crippen molar-refractivity contribution in [2.45, 2.75) is 20.3 Å². The molecule has 0 heterocycles. The molecule has 0 bridgehead atoms. The monoisotopic (exact) mass is 280 g/mol. The summed E-state index contributed by atoms with van der Waals surface area (Å²) < 4.78 is 10.3. The number of rotatable bonds is 7. The van der Waals surface area contributed by atoms with Crippen molar-refractivity contribution in [3.63, 3.8) is 0 Å². The average Bonchev–Trinajstić information content (AvgIpc) is 2.42. The van der Waals surface area contributed by atoms with Gasteiger partial charge in [0, 0.05) is 25.9 Å². The van der Waals surface area contributed by atoms with Gasteiger partial charge in [0.1, 0.15) is 11.3 Å². The van der Waals surface area contributed by atoms with Gasteiger partial charge in [0.2, 0.25) is 0 Å². The Kier molecular flexibility index (Phi) is 5.82. The number of methoxy groups -OCH3 is 2. The summed E-state index contributed by atoms with van der Waals surface area (Å²) in [5.41, 5.74) is 6.62. The minimum absolute atomic E-state index is 0.0392. The van der Waals surface area contributed by atoms with Crippen molar-refractivity contribution in [3.05, 3.63) is 23.8 Å². The predicted octanol–water partition coefficient (Wildman–Crippen LogP) is 2.07. The van der Waals surface area contributed by atoms with Crippen LogP contribution in [0.4, 0.5) is 5.69 Å². The molecule has 0 aliphatic heterocycles. The van der Waals surface area contributed by atoms with Crippen molar-refractivity contribution in [1.29, 1.82) is 0 Å². The first-order valence-electron chi connectivity index (χ1n) is 6.61. The third-order valence-corrected chi connectivity index (χ3v) is 3.22. The van der Waals surface area contributed by atoms with Crippen molar-refractivity contribution < 1.29 is 14.3 Å². The fourth-order valence-electron chi connectivity index (χ4n) is 1.84. The van der Waals surface area contributed by atoms with E-state index in [4.69, 9.17) is 15.2 Å². The molecule has 0 radical (unpaired) electrons. The number of anilines is 1. The van der Waals surface area contributed by atoms with E-state index in [-0.39, 0.29) is 11.3 Å². The van der Waals surface area contributed by atoms with Gasteiger partial charge >= 0.3 is 0 Å². The number of benzene rings is 1. The van der Waals surface area contributed by atoms with E-state index in [0.29, 0.717) is 30.2 Å². The van der Waals surface area contributed by atoms with Crippen LogP contribution < -0.4 is 15.8 Å². The molecule has 3 N–H and O–H groups in total. The first-order valence-corrected chi connectivity index (χ1v) is 6.61. The summed E-state index contributed by atoms with van der Waals surface area (Å²) in [5.74, 6) is 0.266. The minimum Gasteiger partial charge on any atom is -0.496 e. The van der Waals surface area contributed by atoms with Gasteiger partial charge in [-0.15, -0.1) is 0 Å². The summed E-state index contributed by atoms with van der Waals surface area (Å²) in [4.78, 5) is 12.3. The summed E-state index contributed by atoms with van der Waals surface area (Å²) in [7, 11) is 3.19. The SMILES string of the molecule is COCCC(C)(C)CNC(=O)c1c(N)cccc1OC. The number of amides is 1. The second kappa shape index (κ2) is 7.14. The van der Waals surface area contributed by atoms with Crippen LogP contribution in [0.15, 0.2) is 18.2 Å². The largest absolute Gasteiger partial charge is 0.496 e. The fraction of sp³-hybridized carbons (Fsp3) is 0.533. The van der Waals surface area contributed by atoms with Crippen LogP contribution >= 0.6 is 0 Å². The molecule has 0 atom stereocenters. The predicted molar refractivity (Wildman–Crippen MR) is 80.0 cm³/mol. The summed E-state index contributed by atoms with van der Waals surface area (Å²) in [6.45, 7) is 5.38.